The molecule has 5 aliphatic rings. The summed E-state index contributed by atoms with van der Waals surface area (Å²) in [7, 11) is 4.69. The molecule has 1 saturated heterocycles. The van der Waals surface area contributed by atoms with Gasteiger partial charge in [-0.25, -0.2) is 8.78 Å². The highest BCUT2D eigenvalue weighted by molar-refractivity contribution is 5.64. The monoisotopic (exact) mass is 583 g/mol. The van der Waals surface area contributed by atoms with Gasteiger partial charge in [0.15, 0.2) is 5.60 Å². The average Bonchev–Trinajstić information content (AvgIpc) is 3.33. The van der Waals surface area contributed by atoms with Gasteiger partial charge < -0.3 is 24.0 Å². The smallest absolute Gasteiger partial charge is 0.277 e. The summed E-state index contributed by atoms with van der Waals surface area (Å²) < 4.78 is 46.5. The van der Waals surface area contributed by atoms with Gasteiger partial charge in [-0.15, -0.1) is 0 Å². The second kappa shape index (κ2) is 11.4. The van der Waals surface area contributed by atoms with Crippen LogP contribution in [0.1, 0.15) is 53.4 Å². The molecule has 2 fully saturated rings. The molecule has 42 heavy (non-hydrogen) atoms. The Labute approximate surface area is 250 Å². The predicted octanol–water partition coefficient (Wildman–Crippen LogP) is 6.66. The quantitative estimate of drug-likeness (QED) is 0.255. The zero-order chi connectivity index (χ0) is 30.4. The molecular formula is C34H47F2N3O3. The molecule has 230 valence electrons. The Morgan fingerprint density at radius 2 is 2.02 bits per heavy atom. The highest BCUT2D eigenvalue weighted by Crippen LogP contribution is 2.66. The average molecular weight is 584 g/mol. The fourth-order valence-corrected chi connectivity index (χ4v) is 7.46. The summed E-state index contributed by atoms with van der Waals surface area (Å²) in [6, 6.07) is 0.694. The Balaban J connectivity index is 1.41. The van der Waals surface area contributed by atoms with Gasteiger partial charge in [-0.05, 0) is 69.2 Å². The molecule has 0 aromatic rings. The van der Waals surface area contributed by atoms with Crippen molar-refractivity contribution in [3.05, 3.63) is 70.8 Å². The summed E-state index contributed by atoms with van der Waals surface area (Å²) in [6.07, 6.45) is 16.5. The highest BCUT2D eigenvalue weighted by atomic mass is 19.3. The Bertz CT molecular complexity index is 1270. The maximum Gasteiger partial charge on any atom is 0.277 e. The zero-order valence-corrected chi connectivity index (χ0v) is 26.3. The second-order valence-corrected chi connectivity index (χ2v) is 12.9. The molecule has 3 aliphatic heterocycles. The number of hydrogen-bond donors (Lipinski definition) is 0. The van der Waals surface area contributed by atoms with Crippen LogP contribution in [0.4, 0.5) is 8.78 Å². The standard InChI is InChI=1S/C34H47F2N3O3/c1-22(20-40-6)16-26(32(4,42-8)33(5,35)36)12-11-25-10-9-15-39-29(25)17-34(18-30(34)39)27-13-14-28(31(41-7)24(27)3)38-19-23(2)37-21-38/h12-14,16-17,21,23,25,27,30H,3,9-11,15,18-20H2,1-2,4-8H3. The number of alkyl halides is 2. The predicted molar refractivity (Wildman–Crippen MR) is 163 cm³/mol. The SMILES string of the molecule is C=C1C(OC)=C(N2C=NC(C)C2)C=CC1C12C=C3C(CC=C(C=C(C)COC)C(C)(OC)C(C)(F)F)CCCN3C1C2. The van der Waals surface area contributed by atoms with Crippen LogP contribution in [-0.2, 0) is 14.2 Å². The van der Waals surface area contributed by atoms with Gasteiger partial charge in [0.2, 0.25) is 0 Å². The van der Waals surface area contributed by atoms with Crippen molar-refractivity contribution in [1.29, 1.82) is 0 Å². The lowest BCUT2D eigenvalue weighted by atomic mass is 9.78. The van der Waals surface area contributed by atoms with Gasteiger partial charge >= 0.3 is 0 Å². The van der Waals surface area contributed by atoms with Crippen LogP contribution in [0, 0.1) is 17.3 Å². The van der Waals surface area contributed by atoms with E-state index in [1.807, 2.05) is 25.4 Å². The summed E-state index contributed by atoms with van der Waals surface area (Å²) in [5.41, 5.74) is 3.00. The zero-order valence-electron chi connectivity index (χ0n) is 26.3. The molecule has 1 saturated carbocycles. The molecule has 0 amide bonds. The molecule has 6 unspecified atom stereocenters. The third-order valence-corrected chi connectivity index (χ3v) is 10.1. The lowest BCUT2D eigenvalue weighted by molar-refractivity contribution is -0.153. The topological polar surface area (TPSA) is 46.5 Å². The van der Waals surface area contributed by atoms with Crippen LogP contribution in [-0.4, -0.2) is 80.8 Å². The van der Waals surface area contributed by atoms with E-state index in [2.05, 4.69) is 46.5 Å². The van der Waals surface area contributed by atoms with Crippen molar-refractivity contribution in [2.24, 2.45) is 22.2 Å². The lowest BCUT2D eigenvalue weighted by Gasteiger charge is -2.37. The number of fused-ring (bicyclic) bond motifs is 3. The molecule has 0 spiro atoms. The highest BCUT2D eigenvalue weighted by Gasteiger charge is 2.65. The van der Waals surface area contributed by atoms with Gasteiger partial charge in [-0.3, -0.25) is 4.99 Å². The first kappa shape index (κ1) is 30.7. The molecule has 3 heterocycles. The summed E-state index contributed by atoms with van der Waals surface area (Å²) >= 11 is 0. The second-order valence-electron chi connectivity index (χ2n) is 12.9. The number of rotatable bonds is 11. The molecule has 0 aromatic heterocycles. The van der Waals surface area contributed by atoms with Crippen LogP contribution in [0.5, 0.6) is 0 Å². The van der Waals surface area contributed by atoms with Crippen LogP contribution in [0.15, 0.2) is 75.8 Å². The molecule has 0 radical (unpaired) electrons. The first-order valence-corrected chi connectivity index (χ1v) is 15.1. The summed E-state index contributed by atoms with van der Waals surface area (Å²) in [5.74, 6) is -1.81. The molecule has 6 nitrogen and oxygen atoms in total. The van der Waals surface area contributed by atoms with Crippen LogP contribution in [0.25, 0.3) is 0 Å². The molecule has 5 rings (SSSR count). The number of aliphatic imine (C=N–C) groups is 1. The largest absolute Gasteiger partial charge is 0.494 e. The maximum atomic E-state index is 14.9. The van der Waals surface area contributed by atoms with E-state index in [-0.39, 0.29) is 23.3 Å². The van der Waals surface area contributed by atoms with Gasteiger partial charge in [-0.1, -0.05) is 30.9 Å². The number of nitrogens with zero attached hydrogens (tertiary/aromatic N) is 3. The Morgan fingerprint density at radius 1 is 1.26 bits per heavy atom. The minimum atomic E-state index is -3.06. The summed E-state index contributed by atoms with van der Waals surface area (Å²) in [5, 5.41) is 0. The molecule has 2 aliphatic carbocycles. The molecule has 6 atom stereocenters. The normalized spacial score (nSPS) is 32.7. The summed E-state index contributed by atoms with van der Waals surface area (Å²) in [4.78, 5) is 9.25. The lowest BCUT2D eigenvalue weighted by Crippen LogP contribution is -2.46. The van der Waals surface area contributed by atoms with Crippen molar-refractivity contribution in [2.45, 2.75) is 77.0 Å². The Morgan fingerprint density at radius 3 is 2.64 bits per heavy atom. The minimum absolute atomic E-state index is 0.00774. The first-order valence-electron chi connectivity index (χ1n) is 15.1. The molecule has 0 aromatic carbocycles. The van der Waals surface area contributed by atoms with E-state index in [0.29, 0.717) is 24.6 Å². The number of hydrogen-bond acceptors (Lipinski definition) is 6. The van der Waals surface area contributed by atoms with Crippen molar-refractivity contribution in [1.82, 2.24) is 9.80 Å². The van der Waals surface area contributed by atoms with Crippen LogP contribution >= 0.6 is 0 Å². The van der Waals surface area contributed by atoms with E-state index < -0.39 is 11.5 Å². The fourth-order valence-electron chi connectivity index (χ4n) is 7.46. The number of methoxy groups -OCH3 is 3. The molecule has 0 N–H and O–H groups in total. The van der Waals surface area contributed by atoms with E-state index in [9.17, 15) is 8.78 Å². The van der Waals surface area contributed by atoms with E-state index in [1.54, 1.807) is 14.2 Å². The summed E-state index contributed by atoms with van der Waals surface area (Å²) in [6.45, 7) is 13.2. The van der Waals surface area contributed by atoms with E-state index in [0.717, 1.165) is 61.9 Å². The van der Waals surface area contributed by atoms with Crippen molar-refractivity contribution < 1.29 is 23.0 Å². The van der Waals surface area contributed by atoms with Crippen molar-refractivity contribution in [2.75, 3.05) is 41.0 Å². The fraction of sp³-hybridized carbons (Fsp3) is 0.618. The van der Waals surface area contributed by atoms with E-state index >= 15 is 0 Å². The van der Waals surface area contributed by atoms with Gasteiger partial charge in [0, 0.05) is 63.2 Å². The van der Waals surface area contributed by atoms with Crippen LogP contribution in [0.3, 0.4) is 0 Å². The maximum absolute atomic E-state index is 14.9. The van der Waals surface area contributed by atoms with Crippen molar-refractivity contribution >= 4 is 6.34 Å². The molecular weight excluding hydrogens is 536 g/mol. The molecule has 8 heteroatoms. The van der Waals surface area contributed by atoms with E-state index in [1.165, 1.54) is 19.7 Å². The van der Waals surface area contributed by atoms with Crippen molar-refractivity contribution in [3.63, 3.8) is 0 Å². The van der Waals surface area contributed by atoms with Gasteiger partial charge in [-0.2, -0.15) is 0 Å². The Hall–Kier alpha value is -2.71. The van der Waals surface area contributed by atoms with Crippen LogP contribution < -0.4 is 0 Å². The first-order chi connectivity index (χ1) is 19.9. The third-order valence-electron chi connectivity index (χ3n) is 10.1. The number of halogens is 2. The number of allylic oxidation sites excluding steroid dienone is 5. The minimum Gasteiger partial charge on any atom is -0.494 e. The van der Waals surface area contributed by atoms with E-state index in [4.69, 9.17) is 14.2 Å². The van der Waals surface area contributed by atoms with Gasteiger partial charge in [0.25, 0.3) is 5.92 Å². The van der Waals surface area contributed by atoms with Crippen LogP contribution in [0.2, 0.25) is 0 Å². The number of ether oxygens (including phenoxy) is 3. The van der Waals surface area contributed by atoms with Crippen molar-refractivity contribution in [3.8, 4) is 0 Å². The number of piperidine rings is 1. The van der Waals surface area contributed by atoms with Gasteiger partial charge in [0.1, 0.15) is 5.76 Å². The van der Waals surface area contributed by atoms with Gasteiger partial charge in [0.05, 0.1) is 31.8 Å². The Kier molecular flexibility index (Phi) is 8.36. The third kappa shape index (κ3) is 5.19. The molecule has 0 bridgehead atoms.